The summed E-state index contributed by atoms with van der Waals surface area (Å²) < 4.78 is 0. The lowest BCUT2D eigenvalue weighted by atomic mass is 10.1. The normalized spacial score (nSPS) is 14.2. The van der Waals surface area contributed by atoms with Crippen LogP contribution in [0.25, 0.3) is 0 Å². The van der Waals surface area contributed by atoms with Crippen LogP contribution in [0, 0.1) is 0 Å². The summed E-state index contributed by atoms with van der Waals surface area (Å²) in [5.41, 5.74) is 18.7. The predicted molar refractivity (Wildman–Crippen MR) is 102 cm³/mol. The van der Waals surface area contributed by atoms with E-state index in [2.05, 4.69) is 27.0 Å². The van der Waals surface area contributed by atoms with Crippen LogP contribution in [0.1, 0.15) is 38.5 Å². The van der Waals surface area contributed by atoms with E-state index in [0.717, 1.165) is 0 Å². The molecule has 0 aliphatic carbocycles. The summed E-state index contributed by atoms with van der Waals surface area (Å²) in [5.74, 6) is 9.45. The minimum absolute atomic E-state index is 0.353. The molecular formula is C15H35N9O3. The van der Waals surface area contributed by atoms with E-state index >= 15 is 0 Å². The number of hydrogen-bond acceptors (Lipinski definition) is 10. The molecule has 12 nitrogen and oxygen atoms in total. The van der Waals surface area contributed by atoms with Gasteiger partial charge in [-0.25, -0.2) is 5.43 Å². The van der Waals surface area contributed by atoms with Gasteiger partial charge in [0.1, 0.15) is 12.3 Å². The lowest BCUT2D eigenvalue weighted by Crippen LogP contribution is -2.53. The molecule has 0 aliphatic heterocycles. The average molecular weight is 390 g/mol. The second kappa shape index (κ2) is 16.5. The molecule has 0 radical (unpaired) electrons. The van der Waals surface area contributed by atoms with Crippen LogP contribution in [0.2, 0.25) is 0 Å². The first-order chi connectivity index (χ1) is 13.0. The summed E-state index contributed by atoms with van der Waals surface area (Å²) in [7, 11) is 0. The summed E-state index contributed by atoms with van der Waals surface area (Å²) in [4.78, 5) is 35.9. The molecule has 3 atom stereocenters. The van der Waals surface area contributed by atoms with Crippen LogP contribution in [0.3, 0.4) is 0 Å². The number of nitrogens with two attached hydrogens (primary N) is 4. The fourth-order valence-electron chi connectivity index (χ4n) is 2.36. The molecule has 0 rings (SSSR count). The second-order valence-corrected chi connectivity index (χ2v) is 6.16. The first-order valence-corrected chi connectivity index (χ1v) is 9.13. The Kier molecular flexibility index (Phi) is 15.5. The van der Waals surface area contributed by atoms with E-state index in [-0.39, 0.29) is 0 Å². The van der Waals surface area contributed by atoms with Crippen molar-refractivity contribution < 1.29 is 14.4 Å². The number of nitrogens with one attached hydrogen (secondary N) is 5. The highest BCUT2D eigenvalue weighted by Crippen LogP contribution is 2.02. The molecular weight excluding hydrogens is 354 g/mol. The third-order valence-electron chi connectivity index (χ3n) is 3.91. The Hall–Kier alpha value is -1.67. The number of rotatable bonds is 17. The minimum Gasteiger partial charge on any atom is -0.345 e. The number of carbonyl (C=O) groups excluding carboxylic acids is 3. The molecule has 0 aromatic carbocycles. The minimum atomic E-state index is -0.809. The van der Waals surface area contributed by atoms with Crippen molar-refractivity contribution in [3.63, 3.8) is 0 Å². The van der Waals surface area contributed by atoms with Crippen molar-refractivity contribution in [1.29, 1.82) is 0 Å². The molecule has 27 heavy (non-hydrogen) atoms. The number of hydrogen-bond donors (Lipinski definition) is 9. The zero-order chi connectivity index (χ0) is 20.5. The lowest BCUT2D eigenvalue weighted by Gasteiger charge is -2.22. The van der Waals surface area contributed by atoms with Gasteiger partial charge in [0.2, 0.25) is 11.8 Å². The highest BCUT2D eigenvalue weighted by atomic mass is 16.2. The number of amides is 2. The number of carbonyl (C=O) groups is 3. The van der Waals surface area contributed by atoms with Crippen LogP contribution in [0.4, 0.5) is 0 Å². The van der Waals surface area contributed by atoms with Gasteiger partial charge in [-0.2, -0.15) is 5.53 Å². The van der Waals surface area contributed by atoms with Gasteiger partial charge in [-0.05, 0) is 45.1 Å². The molecule has 0 aliphatic rings. The maximum Gasteiger partial charge on any atom is 0.243 e. The van der Waals surface area contributed by atoms with Crippen LogP contribution >= 0.6 is 0 Å². The average Bonchev–Trinajstić information content (AvgIpc) is 2.67. The maximum atomic E-state index is 12.5. The molecule has 158 valence electrons. The fourth-order valence-corrected chi connectivity index (χ4v) is 2.36. The molecule has 0 aromatic rings. The Balaban J connectivity index is 4.76. The van der Waals surface area contributed by atoms with Gasteiger partial charge >= 0.3 is 0 Å². The third kappa shape index (κ3) is 12.4. The molecule has 13 N–H and O–H groups in total. The smallest absolute Gasteiger partial charge is 0.243 e. The van der Waals surface area contributed by atoms with Gasteiger partial charge in [0.15, 0.2) is 0 Å². The Morgan fingerprint density at radius 3 is 2.22 bits per heavy atom. The summed E-state index contributed by atoms with van der Waals surface area (Å²) >= 11 is 0. The molecule has 12 heteroatoms. The van der Waals surface area contributed by atoms with E-state index in [1.165, 1.54) is 0 Å². The predicted octanol–water partition coefficient (Wildman–Crippen LogP) is -3.79. The van der Waals surface area contributed by atoms with Crippen molar-refractivity contribution >= 4 is 18.1 Å². The van der Waals surface area contributed by atoms with Gasteiger partial charge in [-0.1, -0.05) is 0 Å². The topological polar surface area (TPSA) is 215 Å². The Bertz CT molecular complexity index is 425. The summed E-state index contributed by atoms with van der Waals surface area (Å²) in [6.07, 6.45) is 3.68. The van der Waals surface area contributed by atoms with Gasteiger partial charge in [-0.15, -0.1) is 0 Å². The largest absolute Gasteiger partial charge is 0.345 e. The first kappa shape index (κ1) is 25.3. The van der Waals surface area contributed by atoms with E-state index in [1.807, 2.05) is 0 Å². The van der Waals surface area contributed by atoms with E-state index < -0.39 is 29.9 Å². The van der Waals surface area contributed by atoms with E-state index in [9.17, 15) is 14.4 Å². The quantitative estimate of drug-likeness (QED) is 0.0511. The fraction of sp³-hybridized carbons (Fsp3) is 0.800. The zero-order valence-electron chi connectivity index (χ0n) is 15.7. The van der Waals surface area contributed by atoms with Crippen molar-refractivity contribution in [2.75, 3.05) is 19.6 Å². The second-order valence-electron chi connectivity index (χ2n) is 6.16. The van der Waals surface area contributed by atoms with Crippen molar-refractivity contribution in [1.82, 2.24) is 27.0 Å². The molecule has 0 saturated carbocycles. The monoisotopic (exact) mass is 389 g/mol. The lowest BCUT2D eigenvalue weighted by molar-refractivity contribution is -0.131. The van der Waals surface area contributed by atoms with Crippen molar-refractivity contribution in [2.45, 2.75) is 56.7 Å². The molecule has 2 amide bonds. The van der Waals surface area contributed by atoms with Crippen LogP contribution < -0.4 is 50.2 Å². The number of hydrazine groups is 3. The molecule has 1 unspecified atom stereocenters. The van der Waals surface area contributed by atoms with Crippen LogP contribution in [-0.4, -0.2) is 55.9 Å². The van der Waals surface area contributed by atoms with Gasteiger partial charge < -0.3 is 26.9 Å². The first-order valence-electron chi connectivity index (χ1n) is 9.13. The van der Waals surface area contributed by atoms with Crippen LogP contribution in [0.5, 0.6) is 0 Å². The summed E-state index contributed by atoms with van der Waals surface area (Å²) in [6, 6.07) is -2.21. The molecule has 0 spiro atoms. The van der Waals surface area contributed by atoms with E-state index in [1.54, 1.807) is 0 Å². The van der Waals surface area contributed by atoms with Gasteiger partial charge in [0.25, 0.3) is 0 Å². The summed E-state index contributed by atoms with van der Waals surface area (Å²) in [5, 5.41) is 5.30. The van der Waals surface area contributed by atoms with Crippen molar-refractivity contribution in [3.8, 4) is 0 Å². The highest BCUT2D eigenvalue weighted by molar-refractivity contribution is 5.90. The Morgan fingerprint density at radius 1 is 0.926 bits per heavy atom. The van der Waals surface area contributed by atoms with Crippen molar-refractivity contribution in [2.24, 2.45) is 23.2 Å². The molecule has 0 aromatic heterocycles. The van der Waals surface area contributed by atoms with Crippen molar-refractivity contribution in [3.05, 3.63) is 0 Å². The summed E-state index contributed by atoms with van der Waals surface area (Å²) in [6.45, 7) is 1.45. The zero-order valence-corrected chi connectivity index (χ0v) is 15.7. The Labute approximate surface area is 159 Å². The third-order valence-corrected chi connectivity index (χ3v) is 3.91. The number of aldehydes is 1. The SMILES string of the molecule is NCCC[C@@H](N)C(=O)NC(CCCNNN)C(=O)N[C@@H](C=O)CCCNN. The molecule has 0 heterocycles. The van der Waals surface area contributed by atoms with Gasteiger partial charge in [-0.3, -0.25) is 26.7 Å². The van der Waals surface area contributed by atoms with Gasteiger partial charge in [0.05, 0.1) is 12.1 Å². The molecule has 0 fully saturated rings. The molecule has 0 saturated heterocycles. The van der Waals surface area contributed by atoms with Gasteiger partial charge in [0, 0.05) is 13.1 Å². The van der Waals surface area contributed by atoms with E-state index in [4.69, 9.17) is 23.2 Å². The van der Waals surface area contributed by atoms with E-state index in [0.29, 0.717) is 64.4 Å². The standard InChI is InChI=1S/C15H35N9O3/c16-7-1-5-12(17)14(26)23-13(6-3-9-21-24-19)15(27)22-11(10-25)4-2-8-20-18/h10-13,20-21,24H,1-9,16-19H2,(H,22,27)(H,23,26)/t11-,12-,13?/m1/s1. The Morgan fingerprint density at radius 2 is 1.63 bits per heavy atom. The van der Waals surface area contributed by atoms with Crippen LogP contribution in [0.15, 0.2) is 0 Å². The highest BCUT2D eigenvalue weighted by Gasteiger charge is 2.25. The molecule has 0 bridgehead atoms. The van der Waals surface area contributed by atoms with Crippen LogP contribution in [-0.2, 0) is 14.4 Å². The maximum absolute atomic E-state index is 12.5.